The van der Waals surface area contributed by atoms with Crippen molar-refractivity contribution in [1.29, 1.82) is 0 Å². The highest BCUT2D eigenvalue weighted by atomic mass is 32.3. The maximum Gasteiger partial charge on any atom is -0.0832 e. The normalized spacial score (nSPS) is 30.8. The molecule has 4 heavy (non-hydrogen) atoms. The van der Waals surface area contributed by atoms with Crippen molar-refractivity contribution in [2.75, 3.05) is 0 Å². The van der Waals surface area contributed by atoms with E-state index in [0.29, 0.717) is 0 Å². The van der Waals surface area contributed by atoms with Crippen LogP contribution >= 0.6 is 11.6 Å². The Morgan fingerprint density at radius 3 is 1.75 bits per heavy atom. The van der Waals surface area contributed by atoms with E-state index in [1.165, 1.54) is 0 Å². The molecule has 0 radical (unpaired) electrons. The molecule has 4 heteroatoms. The molecule has 3 nitrogen and oxygen atoms in total. The summed E-state index contributed by atoms with van der Waals surface area (Å²) < 4.78 is 8.10. The monoisotopic (exact) mass is 81.0 g/mol. The summed E-state index contributed by atoms with van der Waals surface area (Å²) in [6.07, 6.45) is 0. The molecule has 1 aliphatic rings. The highest BCUT2D eigenvalue weighted by Crippen LogP contribution is 2.35. The minimum Gasteiger partial charge on any atom is -0.230 e. The molecule has 1 aliphatic heterocycles. The summed E-state index contributed by atoms with van der Waals surface area (Å²) in [5, 5.41) is 4.84. The molecule has 0 aromatic carbocycles. The molecule has 1 rings (SSSR count). The maximum atomic E-state index is 4.84. The molecule has 0 atom stereocenters. The van der Waals surface area contributed by atoms with Crippen LogP contribution in [-0.2, 0) is 8.67 Å². The highest BCUT2D eigenvalue weighted by molar-refractivity contribution is 8.10. The van der Waals surface area contributed by atoms with Crippen molar-refractivity contribution in [2.24, 2.45) is 5.14 Å². The summed E-state index contributed by atoms with van der Waals surface area (Å²) in [6.45, 7) is 0. The third kappa shape index (κ3) is 0.323. The van der Waals surface area contributed by atoms with Crippen molar-refractivity contribution >= 4 is 11.6 Å². The van der Waals surface area contributed by atoms with Crippen molar-refractivity contribution in [3.05, 3.63) is 0 Å². The molecule has 2 N–H and O–H groups in total. The fraction of sp³-hybridized carbons (Fsp3) is 0. The second-order valence-corrected chi connectivity index (χ2v) is 1.30. The van der Waals surface area contributed by atoms with Crippen LogP contribution in [0, 0.1) is 0 Å². The largest absolute Gasteiger partial charge is 0.230 e. The zero-order chi connectivity index (χ0) is 2.99. The Morgan fingerprint density at radius 2 is 1.75 bits per heavy atom. The first-order valence-electron chi connectivity index (χ1n) is 0.790. The van der Waals surface area contributed by atoms with Crippen molar-refractivity contribution in [3.63, 3.8) is 0 Å². The Balaban J connectivity index is 2.17. The number of nitrogens with two attached hydrogens (primary N) is 1. The molecule has 0 aliphatic carbocycles. The molecule has 0 unspecified atom stereocenters. The van der Waals surface area contributed by atoms with Crippen molar-refractivity contribution in [2.45, 2.75) is 0 Å². The summed E-state index contributed by atoms with van der Waals surface area (Å²) in [7, 11) is 0. The lowest BCUT2D eigenvalue weighted by Crippen LogP contribution is -1.67. The van der Waals surface area contributed by atoms with Crippen LogP contribution in [0.2, 0.25) is 0 Å². The molecular formula is H3NO2S. The summed E-state index contributed by atoms with van der Waals surface area (Å²) >= 11 is -0.870. The molecule has 0 amide bonds. The average molecular weight is 81.1 g/mol. The van der Waals surface area contributed by atoms with E-state index in [-0.39, 0.29) is 0 Å². The van der Waals surface area contributed by atoms with Crippen LogP contribution in [-0.4, -0.2) is 0 Å². The summed E-state index contributed by atoms with van der Waals surface area (Å²) in [6, 6.07) is 0. The van der Waals surface area contributed by atoms with Gasteiger partial charge in [0.1, 0.15) is 0 Å². The molecule has 1 saturated heterocycles. The molecule has 0 aromatic heterocycles. The Kier molecular flexibility index (Phi) is 0.362. The van der Waals surface area contributed by atoms with Gasteiger partial charge in [-0.2, -0.15) is 0 Å². The number of hydrogen-bond acceptors (Lipinski definition) is 3. The van der Waals surface area contributed by atoms with Gasteiger partial charge in [-0.1, -0.05) is 20.3 Å². The van der Waals surface area contributed by atoms with Crippen molar-refractivity contribution in [1.82, 2.24) is 0 Å². The van der Waals surface area contributed by atoms with Gasteiger partial charge >= 0.3 is 0 Å². The second-order valence-electron chi connectivity index (χ2n) is 0.434. The Labute approximate surface area is 26.5 Å². The van der Waals surface area contributed by atoms with E-state index >= 15 is 0 Å². The third-order valence-electron chi connectivity index (χ3n) is 0.161. The van der Waals surface area contributed by atoms with Gasteiger partial charge in [-0.05, 0) is 0 Å². The van der Waals surface area contributed by atoms with E-state index in [1.54, 1.807) is 0 Å². The van der Waals surface area contributed by atoms with Crippen LogP contribution in [0.3, 0.4) is 0 Å². The summed E-state index contributed by atoms with van der Waals surface area (Å²) in [5.74, 6) is 0. The summed E-state index contributed by atoms with van der Waals surface area (Å²) in [4.78, 5) is 0. The molecular weight excluding hydrogens is 78.1 g/mol. The molecule has 1 heterocycles. The first kappa shape index (κ1) is 2.47. The Hall–Kier alpha value is 0.230. The standard InChI is InChI=1S/H3NO2S/c1-4-2-3-4/h4H,1H2. The smallest absolute Gasteiger partial charge is 0.0832 e. The molecule has 1 fully saturated rings. The SMILES string of the molecule is N[SH]1OO1. The van der Waals surface area contributed by atoms with Gasteiger partial charge in [0.15, 0.2) is 0 Å². The zero-order valence-electron chi connectivity index (χ0n) is 1.84. The number of rotatable bonds is 0. The minimum absolute atomic E-state index is 0.870. The molecule has 0 aromatic rings. The molecule has 0 saturated carbocycles. The van der Waals surface area contributed by atoms with Gasteiger partial charge in [0, 0.05) is 0 Å². The first-order valence-corrected chi connectivity index (χ1v) is 2.04. The Morgan fingerprint density at radius 1 is 1.50 bits per heavy atom. The fourth-order valence-corrected chi connectivity index (χ4v) is 0.173. The molecule has 0 spiro atoms. The quantitative estimate of drug-likeness (QED) is 0.238. The molecule has 0 bridgehead atoms. The number of hydrogen-bond donors (Lipinski definition) is 2. The van der Waals surface area contributed by atoms with E-state index in [4.69, 9.17) is 5.14 Å². The topological polar surface area (TPSA) is 51.1 Å². The highest BCUT2D eigenvalue weighted by Gasteiger charge is 2.07. The van der Waals surface area contributed by atoms with E-state index < -0.39 is 11.6 Å². The summed E-state index contributed by atoms with van der Waals surface area (Å²) in [5.41, 5.74) is 0. The lowest BCUT2D eigenvalue weighted by molar-refractivity contribution is 0.0850. The van der Waals surface area contributed by atoms with Gasteiger partial charge < -0.3 is 0 Å². The van der Waals surface area contributed by atoms with Crippen LogP contribution in [0.5, 0.6) is 0 Å². The van der Waals surface area contributed by atoms with Crippen LogP contribution in [0.25, 0.3) is 0 Å². The average Bonchev–Trinajstić information content (AvgIpc) is 1.75. The molecule has 26 valence electrons. The predicted octanol–water partition coefficient (Wildman–Crippen LogP) is -0.347. The van der Waals surface area contributed by atoms with E-state index in [1.807, 2.05) is 0 Å². The third-order valence-corrected chi connectivity index (χ3v) is 0.482. The van der Waals surface area contributed by atoms with Crippen LogP contribution in [0.4, 0.5) is 0 Å². The number of thiol groups is 1. The van der Waals surface area contributed by atoms with Crippen molar-refractivity contribution in [3.8, 4) is 0 Å². The van der Waals surface area contributed by atoms with E-state index in [9.17, 15) is 0 Å². The first-order chi connectivity index (χ1) is 1.89. The second kappa shape index (κ2) is 0.587. The van der Waals surface area contributed by atoms with Gasteiger partial charge in [0.2, 0.25) is 0 Å². The van der Waals surface area contributed by atoms with Crippen LogP contribution < -0.4 is 5.14 Å². The van der Waals surface area contributed by atoms with Gasteiger partial charge in [-0.25, -0.2) is 5.14 Å². The van der Waals surface area contributed by atoms with Crippen LogP contribution in [0.15, 0.2) is 0 Å². The zero-order valence-corrected chi connectivity index (χ0v) is 2.74. The van der Waals surface area contributed by atoms with Crippen LogP contribution in [0.1, 0.15) is 0 Å². The van der Waals surface area contributed by atoms with Gasteiger partial charge in [-0.15, -0.1) is 0 Å². The van der Waals surface area contributed by atoms with Gasteiger partial charge in [-0.3, -0.25) is 0 Å². The maximum absolute atomic E-state index is 4.84. The predicted molar refractivity (Wildman–Crippen MR) is 15.3 cm³/mol. The van der Waals surface area contributed by atoms with Crippen molar-refractivity contribution < 1.29 is 8.67 Å². The van der Waals surface area contributed by atoms with Gasteiger partial charge in [0.25, 0.3) is 0 Å². The Bertz CT molecular complexity index is 25.2. The lowest BCUT2D eigenvalue weighted by atomic mass is 13.9. The van der Waals surface area contributed by atoms with E-state index in [2.05, 4.69) is 8.67 Å². The fourth-order valence-electron chi connectivity index (χ4n) is 0.0192. The van der Waals surface area contributed by atoms with Gasteiger partial charge in [0.05, 0.1) is 0 Å². The van der Waals surface area contributed by atoms with E-state index in [0.717, 1.165) is 0 Å². The minimum atomic E-state index is -0.870. The lowest BCUT2D eigenvalue weighted by Gasteiger charge is -1.60.